The van der Waals surface area contributed by atoms with Gasteiger partial charge in [-0.1, -0.05) is 0 Å². The Kier molecular flexibility index (Phi) is 4.55. The van der Waals surface area contributed by atoms with Gasteiger partial charge in [-0.05, 0) is 37.1 Å². The molecule has 3 saturated heterocycles. The zero-order valence-electron chi connectivity index (χ0n) is 16.6. The van der Waals surface area contributed by atoms with Gasteiger partial charge in [0.15, 0.2) is 5.79 Å². The predicted molar refractivity (Wildman–Crippen MR) is 103 cm³/mol. The molecule has 160 valence electrons. The van der Waals surface area contributed by atoms with E-state index in [0.29, 0.717) is 51.1 Å². The van der Waals surface area contributed by atoms with Crippen LogP contribution in [0.25, 0.3) is 0 Å². The summed E-state index contributed by atoms with van der Waals surface area (Å²) in [6, 6.07) is 5.33. The number of amides is 4. The van der Waals surface area contributed by atoms with E-state index < -0.39 is 17.4 Å². The quantitative estimate of drug-likeness (QED) is 0.758. The minimum absolute atomic E-state index is 0.0940. The summed E-state index contributed by atoms with van der Waals surface area (Å²) in [6.45, 7) is 1.69. The lowest BCUT2D eigenvalue weighted by Gasteiger charge is -2.39. The molecule has 0 bridgehead atoms. The number of hydrogen-bond donors (Lipinski definition) is 1. The van der Waals surface area contributed by atoms with Crippen molar-refractivity contribution in [2.24, 2.45) is 5.92 Å². The minimum atomic E-state index is -0.906. The largest absolute Gasteiger partial charge is 0.348 e. The fourth-order valence-corrected chi connectivity index (χ4v) is 5.06. The van der Waals surface area contributed by atoms with Crippen LogP contribution in [0.1, 0.15) is 32.1 Å². The first-order valence-electron chi connectivity index (χ1n) is 10.4. The van der Waals surface area contributed by atoms with Crippen molar-refractivity contribution < 1.29 is 28.2 Å². The molecule has 30 heavy (non-hydrogen) atoms. The number of carbonyl (C=O) groups is 3. The Morgan fingerprint density at radius 1 is 1.03 bits per heavy atom. The lowest BCUT2D eigenvalue weighted by molar-refractivity contribution is -0.186. The molecule has 3 aliphatic heterocycles. The van der Waals surface area contributed by atoms with Crippen molar-refractivity contribution in [1.29, 1.82) is 0 Å². The number of carbonyl (C=O) groups excluding carboxylic acids is 3. The normalized spacial score (nSPS) is 27.5. The first kappa shape index (κ1) is 19.4. The lowest BCUT2D eigenvalue weighted by Crippen LogP contribution is -2.53. The molecular weight excluding hydrogens is 393 g/mol. The summed E-state index contributed by atoms with van der Waals surface area (Å²) in [5.74, 6) is -1.47. The number of ether oxygens (including phenoxy) is 2. The predicted octanol–water partition coefficient (Wildman–Crippen LogP) is 1.79. The molecule has 3 heterocycles. The average Bonchev–Trinajstić information content (AvgIpc) is 3.40. The van der Waals surface area contributed by atoms with E-state index >= 15 is 0 Å². The van der Waals surface area contributed by atoms with E-state index in [1.165, 1.54) is 17.0 Å². The summed E-state index contributed by atoms with van der Waals surface area (Å²) < 4.78 is 24.6. The molecule has 1 aromatic rings. The topological polar surface area (TPSA) is 88.2 Å². The molecule has 1 N–H and O–H groups in total. The van der Waals surface area contributed by atoms with E-state index in [2.05, 4.69) is 5.32 Å². The summed E-state index contributed by atoms with van der Waals surface area (Å²) in [7, 11) is 0. The molecule has 4 amide bonds. The first-order valence-corrected chi connectivity index (χ1v) is 10.4. The number of hydrogen-bond acceptors (Lipinski definition) is 5. The van der Waals surface area contributed by atoms with Crippen molar-refractivity contribution in [1.82, 2.24) is 10.2 Å². The Morgan fingerprint density at radius 2 is 1.70 bits per heavy atom. The fourth-order valence-electron chi connectivity index (χ4n) is 5.06. The van der Waals surface area contributed by atoms with Crippen LogP contribution in [0.3, 0.4) is 0 Å². The van der Waals surface area contributed by atoms with Crippen LogP contribution in [0.15, 0.2) is 24.3 Å². The smallest absolute Gasteiger partial charge is 0.325 e. The van der Waals surface area contributed by atoms with Gasteiger partial charge in [0.1, 0.15) is 11.4 Å². The third-order valence-electron chi connectivity index (χ3n) is 6.71. The number of imide groups is 1. The number of halogens is 1. The van der Waals surface area contributed by atoms with Crippen molar-refractivity contribution in [3.8, 4) is 0 Å². The van der Waals surface area contributed by atoms with Crippen molar-refractivity contribution in [2.45, 2.75) is 43.4 Å². The Morgan fingerprint density at radius 3 is 2.37 bits per heavy atom. The maximum Gasteiger partial charge on any atom is 0.325 e. The van der Waals surface area contributed by atoms with Crippen LogP contribution >= 0.6 is 0 Å². The number of urea groups is 1. The van der Waals surface area contributed by atoms with Gasteiger partial charge in [-0.15, -0.1) is 0 Å². The standard InChI is InChI=1S/C21H24FN3O5/c22-15-1-3-16(4-2-15)24-12-14(11-17(24)26)13-25-18(27)20(23-19(25)28)5-7-21(8-6-20)29-9-10-30-21/h1-4,14H,5-13H2,(H,23,28). The van der Waals surface area contributed by atoms with Crippen molar-refractivity contribution in [2.75, 3.05) is 31.2 Å². The van der Waals surface area contributed by atoms with Gasteiger partial charge >= 0.3 is 6.03 Å². The molecule has 0 radical (unpaired) electrons. The van der Waals surface area contributed by atoms with Gasteiger partial charge in [0, 0.05) is 44.0 Å². The summed E-state index contributed by atoms with van der Waals surface area (Å²) in [4.78, 5) is 41.1. The van der Waals surface area contributed by atoms with Gasteiger partial charge in [-0.2, -0.15) is 0 Å². The fraction of sp³-hybridized carbons (Fsp3) is 0.571. The second-order valence-electron chi connectivity index (χ2n) is 8.59. The van der Waals surface area contributed by atoms with Gasteiger partial charge in [-0.25, -0.2) is 9.18 Å². The van der Waals surface area contributed by atoms with Crippen LogP contribution in [-0.2, 0) is 19.1 Å². The van der Waals surface area contributed by atoms with E-state index in [4.69, 9.17) is 9.47 Å². The van der Waals surface area contributed by atoms with Crippen LogP contribution in [0.2, 0.25) is 0 Å². The highest BCUT2D eigenvalue weighted by atomic mass is 19.1. The molecule has 4 aliphatic rings. The van der Waals surface area contributed by atoms with Crippen LogP contribution in [-0.4, -0.2) is 60.4 Å². The summed E-state index contributed by atoms with van der Waals surface area (Å²) in [5, 5.41) is 2.90. The Balaban J connectivity index is 1.24. The van der Waals surface area contributed by atoms with Gasteiger partial charge in [0.05, 0.1) is 13.2 Å². The van der Waals surface area contributed by atoms with Gasteiger partial charge in [-0.3, -0.25) is 14.5 Å². The van der Waals surface area contributed by atoms with Crippen LogP contribution in [0.5, 0.6) is 0 Å². The maximum absolute atomic E-state index is 13.2. The molecule has 8 nitrogen and oxygen atoms in total. The highest BCUT2D eigenvalue weighted by Crippen LogP contribution is 2.43. The molecule has 9 heteroatoms. The lowest BCUT2D eigenvalue weighted by atomic mass is 9.78. The van der Waals surface area contributed by atoms with Gasteiger partial charge in [0.2, 0.25) is 5.91 Å². The summed E-state index contributed by atoms with van der Waals surface area (Å²) >= 11 is 0. The Hall–Kier alpha value is -2.52. The average molecular weight is 417 g/mol. The monoisotopic (exact) mass is 417 g/mol. The second kappa shape index (κ2) is 7.02. The van der Waals surface area contributed by atoms with Crippen LogP contribution < -0.4 is 10.2 Å². The number of rotatable bonds is 3. The molecule has 1 unspecified atom stereocenters. The van der Waals surface area contributed by atoms with Crippen LogP contribution in [0.4, 0.5) is 14.9 Å². The number of benzene rings is 1. The molecule has 1 aliphatic carbocycles. The molecule has 1 atom stereocenters. The molecular formula is C21H24FN3O5. The molecule has 1 aromatic carbocycles. The molecule has 2 spiro atoms. The number of nitrogens with zero attached hydrogens (tertiary/aromatic N) is 2. The molecule has 0 aromatic heterocycles. The van der Waals surface area contributed by atoms with Crippen molar-refractivity contribution in [3.63, 3.8) is 0 Å². The van der Waals surface area contributed by atoms with E-state index in [9.17, 15) is 18.8 Å². The first-order chi connectivity index (χ1) is 14.4. The van der Waals surface area contributed by atoms with E-state index in [0.717, 1.165) is 0 Å². The van der Waals surface area contributed by atoms with Crippen molar-refractivity contribution >= 4 is 23.5 Å². The van der Waals surface area contributed by atoms with E-state index in [-0.39, 0.29) is 36.5 Å². The number of nitrogens with one attached hydrogen (secondary N) is 1. The molecule has 4 fully saturated rings. The molecule has 5 rings (SSSR count). The van der Waals surface area contributed by atoms with Gasteiger partial charge < -0.3 is 19.7 Å². The minimum Gasteiger partial charge on any atom is -0.348 e. The zero-order valence-corrected chi connectivity index (χ0v) is 16.6. The highest BCUT2D eigenvalue weighted by molar-refractivity contribution is 6.07. The Bertz CT molecular complexity index is 873. The third-order valence-corrected chi connectivity index (χ3v) is 6.71. The zero-order chi connectivity index (χ0) is 20.9. The van der Waals surface area contributed by atoms with Crippen LogP contribution in [0, 0.1) is 11.7 Å². The molecule has 1 saturated carbocycles. The van der Waals surface area contributed by atoms with E-state index in [1.54, 1.807) is 17.0 Å². The van der Waals surface area contributed by atoms with Gasteiger partial charge in [0.25, 0.3) is 5.91 Å². The van der Waals surface area contributed by atoms with E-state index in [1.807, 2.05) is 0 Å². The van der Waals surface area contributed by atoms with Crippen molar-refractivity contribution in [3.05, 3.63) is 30.1 Å². The number of anilines is 1. The highest BCUT2D eigenvalue weighted by Gasteiger charge is 2.56. The summed E-state index contributed by atoms with van der Waals surface area (Å²) in [6.07, 6.45) is 2.31. The second-order valence-corrected chi connectivity index (χ2v) is 8.59. The summed E-state index contributed by atoms with van der Waals surface area (Å²) in [5.41, 5.74) is -0.289. The SMILES string of the molecule is O=C1NC2(CCC3(CC2)OCCO3)C(=O)N1CC1CC(=O)N(c2ccc(F)cc2)C1. The Labute approximate surface area is 173 Å². The third kappa shape index (κ3) is 3.16. The maximum atomic E-state index is 13.2.